The number of alkyl halides is 3. The number of fused-ring (bicyclic) bond motifs is 1. The zero-order valence-electron chi connectivity index (χ0n) is 13.6. The first-order valence-corrected chi connectivity index (χ1v) is 7.78. The van der Waals surface area contributed by atoms with Gasteiger partial charge in [-0.05, 0) is 30.3 Å². The number of halogens is 3. The lowest BCUT2D eigenvalue weighted by Crippen LogP contribution is -2.06. The maximum Gasteiger partial charge on any atom is 0.416 e. The van der Waals surface area contributed by atoms with E-state index in [1.54, 1.807) is 18.2 Å². The van der Waals surface area contributed by atoms with E-state index >= 15 is 0 Å². The third kappa shape index (κ3) is 3.84. The van der Waals surface area contributed by atoms with Crippen LogP contribution in [0.15, 0.2) is 48.7 Å². The van der Waals surface area contributed by atoms with Gasteiger partial charge in [0.1, 0.15) is 0 Å². The van der Waals surface area contributed by atoms with Crippen LogP contribution >= 0.6 is 0 Å². The molecule has 0 aliphatic carbocycles. The summed E-state index contributed by atoms with van der Waals surface area (Å²) in [5.74, 6) is 1.66. The molecule has 2 heterocycles. The predicted octanol–water partition coefficient (Wildman–Crippen LogP) is 4.11. The summed E-state index contributed by atoms with van der Waals surface area (Å²) in [5, 5.41) is 13.3. The van der Waals surface area contributed by atoms with Gasteiger partial charge in [0.05, 0.1) is 11.8 Å². The van der Waals surface area contributed by atoms with Gasteiger partial charge in [-0.15, -0.1) is 5.10 Å². The van der Waals surface area contributed by atoms with Crippen LogP contribution in [0.25, 0.3) is 0 Å². The molecule has 2 aromatic carbocycles. The highest BCUT2D eigenvalue weighted by Crippen LogP contribution is 2.35. The lowest BCUT2D eigenvalue weighted by molar-refractivity contribution is -0.137. The Morgan fingerprint density at radius 1 is 0.926 bits per heavy atom. The molecule has 2 N–H and O–H groups in total. The molecule has 1 aliphatic rings. The average Bonchev–Trinajstić information content (AvgIpc) is 3.09. The Labute approximate surface area is 151 Å². The van der Waals surface area contributed by atoms with Crippen molar-refractivity contribution in [1.29, 1.82) is 0 Å². The summed E-state index contributed by atoms with van der Waals surface area (Å²) < 4.78 is 49.0. The third-order valence-electron chi connectivity index (χ3n) is 3.65. The molecule has 0 fully saturated rings. The molecule has 0 amide bonds. The van der Waals surface area contributed by atoms with Crippen LogP contribution < -0.4 is 20.1 Å². The van der Waals surface area contributed by atoms with Crippen LogP contribution in [-0.2, 0) is 6.18 Å². The molecule has 0 bridgehead atoms. The SMILES string of the molecule is FC(F)(F)c1cccc(Nc2nncc(Nc3ccc4c(c3)OCO4)n2)c1. The van der Waals surface area contributed by atoms with Crippen molar-refractivity contribution in [3.05, 3.63) is 54.2 Å². The predicted molar refractivity (Wildman–Crippen MR) is 90.4 cm³/mol. The molecule has 1 aliphatic heterocycles. The summed E-state index contributed by atoms with van der Waals surface area (Å²) in [7, 11) is 0. The minimum absolute atomic E-state index is 0.0556. The zero-order chi connectivity index (χ0) is 18.9. The molecule has 1 aromatic heterocycles. The van der Waals surface area contributed by atoms with Crippen molar-refractivity contribution >= 4 is 23.1 Å². The average molecular weight is 375 g/mol. The lowest BCUT2D eigenvalue weighted by atomic mass is 10.2. The standard InChI is InChI=1S/C17H12F3N5O2/c18-17(19,20)10-2-1-3-11(6-10)23-16-24-15(8-21-25-16)22-12-4-5-13-14(7-12)27-9-26-13/h1-8H,9H2,(H2,22,23,24,25). The van der Waals surface area contributed by atoms with Crippen molar-refractivity contribution in [3.63, 3.8) is 0 Å². The normalized spacial score (nSPS) is 12.7. The van der Waals surface area contributed by atoms with Gasteiger partial charge in [-0.1, -0.05) is 6.07 Å². The number of nitrogens with zero attached hydrogens (tertiary/aromatic N) is 3. The Kier molecular flexibility index (Phi) is 4.15. The molecule has 3 aromatic rings. The van der Waals surface area contributed by atoms with Crippen LogP contribution in [0.1, 0.15) is 5.56 Å². The van der Waals surface area contributed by atoms with Crippen molar-refractivity contribution < 1.29 is 22.6 Å². The number of aromatic nitrogens is 3. The topological polar surface area (TPSA) is 81.2 Å². The minimum Gasteiger partial charge on any atom is -0.454 e. The summed E-state index contributed by atoms with van der Waals surface area (Å²) in [6.45, 7) is 0.166. The molecule has 0 saturated carbocycles. The monoisotopic (exact) mass is 375 g/mol. The van der Waals surface area contributed by atoms with E-state index < -0.39 is 11.7 Å². The van der Waals surface area contributed by atoms with Gasteiger partial charge in [0.25, 0.3) is 0 Å². The second kappa shape index (κ2) is 6.63. The van der Waals surface area contributed by atoms with E-state index in [1.807, 2.05) is 0 Å². The van der Waals surface area contributed by atoms with E-state index in [0.29, 0.717) is 23.0 Å². The number of benzene rings is 2. The van der Waals surface area contributed by atoms with Gasteiger partial charge >= 0.3 is 6.18 Å². The van der Waals surface area contributed by atoms with Crippen LogP contribution in [0.5, 0.6) is 11.5 Å². The van der Waals surface area contributed by atoms with Crippen LogP contribution in [0, 0.1) is 0 Å². The fourth-order valence-corrected chi connectivity index (χ4v) is 2.44. The van der Waals surface area contributed by atoms with Gasteiger partial charge < -0.3 is 20.1 Å². The highest BCUT2D eigenvalue weighted by molar-refractivity contribution is 5.62. The molecule has 27 heavy (non-hydrogen) atoms. The van der Waals surface area contributed by atoms with E-state index in [4.69, 9.17) is 9.47 Å². The lowest BCUT2D eigenvalue weighted by Gasteiger charge is -2.10. The second-order valence-corrected chi connectivity index (χ2v) is 5.56. The molecular formula is C17H12F3N5O2. The number of ether oxygens (including phenoxy) is 2. The second-order valence-electron chi connectivity index (χ2n) is 5.56. The van der Waals surface area contributed by atoms with E-state index in [2.05, 4.69) is 25.8 Å². The van der Waals surface area contributed by atoms with Gasteiger partial charge in [0.15, 0.2) is 17.3 Å². The van der Waals surface area contributed by atoms with Gasteiger partial charge in [0.2, 0.25) is 12.7 Å². The molecule has 7 nitrogen and oxygen atoms in total. The maximum atomic E-state index is 12.8. The molecule has 4 rings (SSSR count). The highest BCUT2D eigenvalue weighted by atomic mass is 19.4. The van der Waals surface area contributed by atoms with E-state index in [1.165, 1.54) is 18.3 Å². The molecular weight excluding hydrogens is 363 g/mol. The largest absolute Gasteiger partial charge is 0.454 e. The molecule has 0 spiro atoms. The van der Waals surface area contributed by atoms with E-state index in [9.17, 15) is 13.2 Å². The Balaban J connectivity index is 1.51. The molecule has 0 unspecified atom stereocenters. The van der Waals surface area contributed by atoms with Gasteiger partial charge in [0, 0.05) is 17.4 Å². The van der Waals surface area contributed by atoms with Crippen molar-refractivity contribution in [3.8, 4) is 11.5 Å². The first-order chi connectivity index (χ1) is 13.0. The molecule has 0 saturated heterocycles. The molecule has 10 heteroatoms. The van der Waals surface area contributed by atoms with Crippen LogP contribution in [0.2, 0.25) is 0 Å². The van der Waals surface area contributed by atoms with E-state index in [0.717, 1.165) is 12.1 Å². The summed E-state index contributed by atoms with van der Waals surface area (Å²) >= 11 is 0. The molecule has 0 radical (unpaired) electrons. The summed E-state index contributed by atoms with van der Waals surface area (Å²) in [5.41, 5.74) is 0.117. The van der Waals surface area contributed by atoms with Crippen LogP contribution in [-0.4, -0.2) is 22.0 Å². The maximum absolute atomic E-state index is 12.8. The Bertz CT molecular complexity index is 981. The third-order valence-corrected chi connectivity index (χ3v) is 3.65. The number of hydrogen-bond donors (Lipinski definition) is 2. The highest BCUT2D eigenvalue weighted by Gasteiger charge is 2.30. The summed E-state index contributed by atoms with van der Waals surface area (Å²) in [6.07, 6.45) is -3.04. The Morgan fingerprint density at radius 2 is 1.74 bits per heavy atom. The van der Waals surface area contributed by atoms with Crippen molar-refractivity contribution in [1.82, 2.24) is 15.2 Å². The van der Waals surface area contributed by atoms with Crippen LogP contribution in [0.4, 0.5) is 36.3 Å². The summed E-state index contributed by atoms with van der Waals surface area (Å²) in [4.78, 5) is 4.20. The molecule has 138 valence electrons. The fourth-order valence-electron chi connectivity index (χ4n) is 2.44. The number of anilines is 4. The first-order valence-electron chi connectivity index (χ1n) is 7.78. The zero-order valence-corrected chi connectivity index (χ0v) is 13.6. The number of nitrogens with one attached hydrogen (secondary N) is 2. The van der Waals surface area contributed by atoms with Crippen molar-refractivity contribution in [2.75, 3.05) is 17.4 Å². The summed E-state index contributed by atoms with van der Waals surface area (Å²) in [6, 6.07) is 10.0. The Hall–Kier alpha value is -3.56. The molecule has 0 atom stereocenters. The van der Waals surface area contributed by atoms with Gasteiger partial charge in [-0.25, -0.2) is 0 Å². The van der Waals surface area contributed by atoms with Gasteiger partial charge in [-0.3, -0.25) is 0 Å². The van der Waals surface area contributed by atoms with Crippen LogP contribution in [0.3, 0.4) is 0 Å². The smallest absolute Gasteiger partial charge is 0.416 e. The minimum atomic E-state index is -4.43. The Morgan fingerprint density at radius 3 is 2.59 bits per heavy atom. The van der Waals surface area contributed by atoms with E-state index in [-0.39, 0.29) is 18.4 Å². The quantitative estimate of drug-likeness (QED) is 0.710. The van der Waals surface area contributed by atoms with Crippen molar-refractivity contribution in [2.24, 2.45) is 0 Å². The fraction of sp³-hybridized carbons (Fsp3) is 0.118. The first kappa shape index (κ1) is 16.9. The van der Waals surface area contributed by atoms with Gasteiger partial charge in [-0.2, -0.15) is 23.3 Å². The van der Waals surface area contributed by atoms with Crippen molar-refractivity contribution in [2.45, 2.75) is 6.18 Å². The number of rotatable bonds is 4. The number of hydrogen-bond acceptors (Lipinski definition) is 7.